The standard InChI is InChI=1S/C18H20O2/c1-13-11-14(2)16(18(12-13)20-3)9-10-17(19)15-7-5-4-6-8-15/h4-8,11-12H,9-10H2,1-3H3. The third kappa shape index (κ3) is 3.27. The number of benzene rings is 2. The first kappa shape index (κ1) is 14.3. The van der Waals surface area contributed by atoms with E-state index in [4.69, 9.17) is 4.74 Å². The Bertz CT molecular complexity index is 600. The molecule has 0 saturated heterocycles. The van der Waals surface area contributed by atoms with Crippen molar-refractivity contribution in [3.63, 3.8) is 0 Å². The summed E-state index contributed by atoms with van der Waals surface area (Å²) in [7, 11) is 1.68. The average Bonchev–Trinajstić information content (AvgIpc) is 2.46. The SMILES string of the molecule is COc1cc(C)cc(C)c1CCC(=O)c1ccccc1. The number of hydrogen-bond donors (Lipinski definition) is 0. The first-order valence-corrected chi connectivity index (χ1v) is 6.84. The number of ketones is 1. The fraction of sp³-hybridized carbons (Fsp3) is 0.278. The summed E-state index contributed by atoms with van der Waals surface area (Å²) in [6, 6.07) is 13.6. The molecule has 0 aliphatic heterocycles. The van der Waals surface area contributed by atoms with Crippen molar-refractivity contribution in [1.82, 2.24) is 0 Å². The lowest BCUT2D eigenvalue weighted by Gasteiger charge is -2.12. The molecule has 0 unspecified atom stereocenters. The van der Waals surface area contributed by atoms with Gasteiger partial charge < -0.3 is 4.74 Å². The van der Waals surface area contributed by atoms with E-state index in [1.54, 1.807) is 7.11 Å². The Morgan fingerprint density at radius 2 is 1.80 bits per heavy atom. The third-order valence-electron chi connectivity index (χ3n) is 3.49. The van der Waals surface area contributed by atoms with Crippen LogP contribution in [0.2, 0.25) is 0 Å². The second-order valence-electron chi connectivity index (χ2n) is 5.05. The van der Waals surface area contributed by atoms with E-state index >= 15 is 0 Å². The molecule has 0 aliphatic rings. The van der Waals surface area contributed by atoms with E-state index in [1.807, 2.05) is 36.4 Å². The van der Waals surface area contributed by atoms with E-state index in [2.05, 4.69) is 19.9 Å². The predicted octanol–water partition coefficient (Wildman–Crippen LogP) is 4.13. The monoisotopic (exact) mass is 268 g/mol. The summed E-state index contributed by atoms with van der Waals surface area (Å²) < 4.78 is 5.43. The first-order valence-electron chi connectivity index (χ1n) is 6.84. The van der Waals surface area contributed by atoms with Gasteiger partial charge in [0.1, 0.15) is 5.75 Å². The van der Waals surface area contributed by atoms with Crippen LogP contribution in [0.15, 0.2) is 42.5 Å². The lowest BCUT2D eigenvalue weighted by molar-refractivity contribution is 0.0982. The topological polar surface area (TPSA) is 26.3 Å². The summed E-state index contributed by atoms with van der Waals surface area (Å²) in [5, 5.41) is 0. The molecule has 0 atom stereocenters. The van der Waals surface area contributed by atoms with E-state index in [0.717, 1.165) is 16.9 Å². The van der Waals surface area contributed by atoms with E-state index in [-0.39, 0.29) is 5.78 Å². The van der Waals surface area contributed by atoms with E-state index < -0.39 is 0 Å². The van der Waals surface area contributed by atoms with Crippen LogP contribution in [0.3, 0.4) is 0 Å². The van der Waals surface area contributed by atoms with Crippen molar-refractivity contribution in [3.05, 3.63) is 64.7 Å². The van der Waals surface area contributed by atoms with Gasteiger partial charge in [-0.05, 0) is 43.0 Å². The van der Waals surface area contributed by atoms with E-state index in [0.29, 0.717) is 12.8 Å². The number of methoxy groups -OCH3 is 1. The molecule has 20 heavy (non-hydrogen) atoms. The molecule has 0 bridgehead atoms. The highest BCUT2D eigenvalue weighted by atomic mass is 16.5. The minimum atomic E-state index is 0.174. The molecule has 0 heterocycles. The highest BCUT2D eigenvalue weighted by Gasteiger charge is 2.11. The van der Waals surface area contributed by atoms with Gasteiger partial charge in [0.2, 0.25) is 0 Å². The lowest BCUT2D eigenvalue weighted by Crippen LogP contribution is -2.03. The second-order valence-corrected chi connectivity index (χ2v) is 5.05. The molecule has 0 aliphatic carbocycles. The zero-order valence-electron chi connectivity index (χ0n) is 12.3. The van der Waals surface area contributed by atoms with Crippen molar-refractivity contribution in [3.8, 4) is 5.75 Å². The summed E-state index contributed by atoms with van der Waals surface area (Å²) in [6.07, 6.45) is 1.22. The zero-order valence-corrected chi connectivity index (χ0v) is 12.3. The molecule has 104 valence electrons. The molecule has 0 radical (unpaired) electrons. The highest BCUT2D eigenvalue weighted by molar-refractivity contribution is 5.96. The summed E-state index contributed by atoms with van der Waals surface area (Å²) in [5.74, 6) is 1.05. The fourth-order valence-electron chi connectivity index (χ4n) is 2.47. The molecule has 2 heteroatoms. The van der Waals surface area contributed by atoms with Crippen LogP contribution >= 0.6 is 0 Å². The quantitative estimate of drug-likeness (QED) is 0.762. The second kappa shape index (κ2) is 6.38. The summed E-state index contributed by atoms with van der Waals surface area (Å²) in [6.45, 7) is 4.12. The van der Waals surface area contributed by atoms with Gasteiger partial charge in [0.05, 0.1) is 7.11 Å². The van der Waals surface area contributed by atoms with Gasteiger partial charge in [0.25, 0.3) is 0 Å². The van der Waals surface area contributed by atoms with Gasteiger partial charge in [-0.15, -0.1) is 0 Å². The van der Waals surface area contributed by atoms with Crippen molar-refractivity contribution in [2.75, 3.05) is 7.11 Å². The normalized spacial score (nSPS) is 10.3. The van der Waals surface area contributed by atoms with Gasteiger partial charge in [-0.2, -0.15) is 0 Å². The van der Waals surface area contributed by atoms with Gasteiger partial charge in [-0.25, -0.2) is 0 Å². The highest BCUT2D eigenvalue weighted by Crippen LogP contribution is 2.25. The third-order valence-corrected chi connectivity index (χ3v) is 3.49. The molecule has 2 aromatic rings. The minimum absolute atomic E-state index is 0.174. The number of aryl methyl sites for hydroxylation is 2. The van der Waals surface area contributed by atoms with Crippen LogP contribution in [0.4, 0.5) is 0 Å². The van der Waals surface area contributed by atoms with Crippen molar-refractivity contribution >= 4 is 5.78 Å². The number of carbonyl (C=O) groups is 1. The molecule has 2 nitrogen and oxygen atoms in total. The number of hydrogen-bond acceptors (Lipinski definition) is 2. The Labute approximate surface area is 120 Å². The fourth-order valence-corrected chi connectivity index (χ4v) is 2.47. The minimum Gasteiger partial charge on any atom is -0.496 e. The maximum absolute atomic E-state index is 12.2. The zero-order chi connectivity index (χ0) is 14.5. The van der Waals surface area contributed by atoms with Crippen LogP contribution in [-0.2, 0) is 6.42 Å². The van der Waals surface area contributed by atoms with Crippen LogP contribution in [0.5, 0.6) is 5.75 Å². The van der Waals surface area contributed by atoms with Crippen molar-refractivity contribution in [1.29, 1.82) is 0 Å². The molecular weight excluding hydrogens is 248 g/mol. The van der Waals surface area contributed by atoms with Crippen LogP contribution in [0, 0.1) is 13.8 Å². The summed E-state index contributed by atoms with van der Waals surface area (Å²) in [5.41, 5.74) is 4.26. The Balaban J connectivity index is 2.13. The Morgan fingerprint density at radius 1 is 1.10 bits per heavy atom. The molecule has 2 rings (SSSR count). The smallest absolute Gasteiger partial charge is 0.163 e. The summed E-state index contributed by atoms with van der Waals surface area (Å²) in [4.78, 5) is 12.2. The molecule has 0 spiro atoms. The van der Waals surface area contributed by atoms with Gasteiger partial charge in [-0.1, -0.05) is 36.4 Å². The molecule has 0 amide bonds. The predicted molar refractivity (Wildman–Crippen MR) is 81.6 cm³/mol. The molecule has 0 saturated carbocycles. The maximum Gasteiger partial charge on any atom is 0.163 e. The van der Waals surface area contributed by atoms with Crippen LogP contribution in [0.25, 0.3) is 0 Å². The molecule has 0 fully saturated rings. The van der Waals surface area contributed by atoms with Crippen molar-refractivity contribution < 1.29 is 9.53 Å². The van der Waals surface area contributed by atoms with Gasteiger partial charge in [0.15, 0.2) is 5.78 Å². The van der Waals surface area contributed by atoms with Crippen LogP contribution in [-0.4, -0.2) is 12.9 Å². The van der Waals surface area contributed by atoms with Crippen molar-refractivity contribution in [2.24, 2.45) is 0 Å². The maximum atomic E-state index is 12.2. The Hall–Kier alpha value is -2.09. The van der Waals surface area contributed by atoms with Gasteiger partial charge >= 0.3 is 0 Å². The Morgan fingerprint density at radius 3 is 2.45 bits per heavy atom. The number of rotatable bonds is 5. The number of ether oxygens (including phenoxy) is 1. The van der Waals surface area contributed by atoms with E-state index in [9.17, 15) is 4.79 Å². The number of carbonyl (C=O) groups excluding carboxylic acids is 1. The van der Waals surface area contributed by atoms with E-state index in [1.165, 1.54) is 11.1 Å². The van der Waals surface area contributed by atoms with Crippen LogP contribution < -0.4 is 4.74 Å². The summed E-state index contributed by atoms with van der Waals surface area (Å²) >= 11 is 0. The molecule has 2 aromatic carbocycles. The molecule has 0 aromatic heterocycles. The van der Waals surface area contributed by atoms with Crippen LogP contribution in [0.1, 0.15) is 33.5 Å². The largest absolute Gasteiger partial charge is 0.496 e. The van der Waals surface area contributed by atoms with Gasteiger partial charge in [-0.3, -0.25) is 4.79 Å². The van der Waals surface area contributed by atoms with Gasteiger partial charge in [0, 0.05) is 12.0 Å². The Kier molecular flexibility index (Phi) is 4.57. The average molecular weight is 268 g/mol. The molecule has 0 N–H and O–H groups in total. The first-order chi connectivity index (χ1) is 9.61. The van der Waals surface area contributed by atoms with Crippen molar-refractivity contribution in [2.45, 2.75) is 26.7 Å². The number of Topliss-reactive ketones (excluding diaryl/α,β-unsaturated/α-hetero) is 1. The molecular formula is C18H20O2. The lowest BCUT2D eigenvalue weighted by atomic mass is 9.97.